The normalized spacial score (nSPS) is 20.3. The van der Waals surface area contributed by atoms with Crippen LogP contribution in [0.1, 0.15) is 65.7 Å². The molecule has 3 aliphatic rings. The molecule has 0 spiro atoms. The minimum Gasteiger partial charge on any atom is -0.489 e. The van der Waals surface area contributed by atoms with Gasteiger partial charge in [-0.05, 0) is 68.9 Å². The number of aliphatic imine (C=N–C) groups is 1. The van der Waals surface area contributed by atoms with E-state index in [1.807, 2.05) is 0 Å². The molecule has 2 amide bonds. The molecular formula is C31H30ClF2N5O3. The Bertz CT molecular complexity index is 1640. The smallest absolute Gasteiger partial charge is 0.251 e. The van der Waals surface area contributed by atoms with Gasteiger partial charge in [0, 0.05) is 58.4 Å². The van der Waals surface area contributed by atoms with Crippen molar-refractivity contribution in [2.24, 2.45) is 16.6 Å². The highest BCUT2D eigenvalue weighted by Crippen LogP contribution is 2.49. The quantitative estimate of drug-likeness (QED) is 0.184. The van der Waals surface area contributed by atoms with Gasteiger partial charge in [0.05, 0.1) is 11.1 Å². The lowest BCUT2D eigenvalue weighted by atomic mass is 9.82. The number of hydrogen-bond donors (Lipinski definition) is 3. The van der Waals surface area contributed by atoms with E-state index in [-0.39, 0.29) is 52.9 Å². The predicted molar refractivity (Wildman–Crippen MR) is 156 cm³/mol. The summed E-state index contributed by atoms with van der Waals surface area (Å²) < 4.78 is 34.9. The van der Waals surface area contributed by atoms with Crippen molar-refractivity contribution < 1.29 is 23.1 Å². The molecule has 1 aliphatic heterocycles. The second-order valence-electron chi connectivity index (χ2n) is 11.5. The van der Waals surface area contributed by atoms with E-state index in [1.54, 1.807) is 37.4 Å². The number of nitrogens with zero attached hydrogens (tertiary/aromatic N) is 2. The maximum Gasteiger partial charge on any atom is 0.251 e. The molecular weight excluding hydrogens is 564 g/mol. The molecule has 1 aromatic heterocycles. The highest BCUT2D eigenvalue weighted by Gasteiger charge is 2.45. The zero-order valence-electron chi connectivity index (χ0n) is 22.9. The van der Waals surface area contributed by atoms with Crippen LogP contribution in [-0.2, 0) is 10.2 Å². The van der Waals surface area contributed by atoms with Crippen LogP contribution in [0.5, 0.6) is 5.75 Å². The van der Waals surface area contributed by atoms with E-state index in [4.69, 9.17) is 32.8 Å². The molecule has 5 N–H and O–H groups in total. The molecule has 2 heterocycles. The fraction of sp³-hybridized carbons (Fsp3) is 0.355. The van der Waals surface area contributed by atoms with Crippen molar-refractivity contribution in [1.82, 2.24) is 10.3 Å². The predicted octanol–water partition coefficient (Wildman–Crippen LogP) is 4.90. The summed E-state index contributed by atoms with van der Waals surface area (Å²) in [5.74, 6) is -2.52. The molecule has 0 saturated heterocycles. The minimum atomic E-state index is -1.19. The van der Waals surface area contributed by atoms with Gasteiger partial charge >= 0.3 is 0 Å². The number of hydrogen-bond acceptors (Lipinski definition) is 6. The van der Waals surface area contributed by atoms with Gasteiger partial charge in [-0.3, -0.25) is 14.6 Å². The molecule has 0 unspecified atom stereocenters. The van der Waals surface area contributed by atoms with Crippen LogP contribution in [0.3, 0.4) is 0 Å². The summed E-state index contributed by atoms with van der Waals surface area (Å²) in [6, 6.07) is 8.98. The summed E-state index contributed by atoms with van der Waals surface area (Å²) in [5, 5.41) is 2.73. The van der Waals surface area contributed by atoms with E-state index < -0.39 is 23.0 Å². The van der Waals surface area contributed by atoms with Crippen molar-refractivity contribution in [3.05, 3.63) is 75.4 Å². The number of pyridine rings is 1. The topological polar surface area (TPSA) is 133 Å². The summed E-state index contributed by atoms with van der Waals surface area (Å²) in [7, 11) is 0. The Labute approximate surface area is 246 Å². The molecule has 11 heteroatoms. The van der Waals surface area contributed by atoms with Crippen LogP contribution in [0, 0.1) is 17.6 Å². The number of primary amides is 1. The van der Waals surface area contributed by atoms with Gasteiger partial charge in [-0.1, -0.05) is 11.6 Å². The number of benzene rings is 2. The number of ether oxygens (including phenoxy) is 1. The Morgan fingerprint density at radius 2 is 1.95 bits per heavy atom. The largest absolute Gasteiger partial charge is 0.489 e. The highest BCUT2D eigenvalue weighted by molar-refractivity contribution is 6.31. The van der Waals surface area contributed by atoms with E-state index in [9.17, 15) is 14.0 Å². The third-order valence-corrected chi connectivity index (χ3v) is 8.56. The van der Waals surface area contributed by atoms with Crippen LogP contribution in [0.4, 0.5) is 14.5 Å². The molecule has 8 nitrogen and oxygen atoms in total. The second kappa shape index (κ2) is 10.7. The fourth-order valence-corrected chi connectivity index (χ4v) is 5.40. The molecule has 2 fully saturated rings. The number of carbonyl (C=O) groups excluding carboxylic acids is 2. The number of nitrogen functional groups attached to an aromatic ring is 1. The van der Waals surface area contributed by atoms with Crippen molar-refractivity contribution in [3.63, 3.8) is 0 Å². The van der Waals surface area contributed by atoms with E-state index in [0.717, 1.165) is 31.7 Å². The summed E-state index contributed by atoms with van der Waals surface area (Å²) in [4.78, 5) is 35.0. The average Bonchev–Trinajstić information content (AvgIpc) is 3.89. The van der Waals surface area contributed by atoms with Gasteiger partial charge in [-0.15, -0.1) is 0 Å². The molecule has 0 bridgehead atoms. The lowest BCUT2D eigenvalue weighted by Gasteiger charge is -2.22. The number of halogens is 3. The third kappa shape index (κ3) is 5.31. The second-order valence-corrected chi connectivity index (χ2v) is 11.9. The van der Waals surface area contributed by atoms with Crippen LogP contribution >= 0.6 is 11.6 Å². The summed E-state index contributed by atoms with van der Waals surface area (Å²) in [6.07, 6.45) is 5.66. The van der Waals surface area contributed by atoms with Crippen molar-refractivity contribution in [2.45, 2.75) is 50.0 Å². The first kappa shape index (κ1) is 28.1. The van der Waals surface area contributed by atoms with Gasteiger partial charge in [0.15, 0.2) is 0 Å². The number of nitrogens with one attached hydrogen (secondary N) is 1. The van der Waals surface area contributed by atoms with E-state index in [1.165, 1.54) is 0 Å². The highest BCUT2D eigenvalue weighted by atomic mass is 35.5. The fourth-order valence-electron chi connectivity index (χ4n) is 5.24. The number of carbonyl (C=O) groups is 2. The van der Waals surface area contributed by atoms with E-state index >= 15 is 4.39 Å². The Hall–Kier alpha value is -4.05. The van der Waals surface area contributed by atoms with Crippen LogP contribution in [0.2, 0.25) is 5.02 Å². The first-order valence-electron chi connectivity index (χ1n) is 13.9. The lowest BCUT2D eigenvalue weighted by Crippen LogP contribution is -2.40. The van der Waals surface area contributed by atoms with Gasteiger partial charge in [0.1, 0.15) is 35.1 Å². The summed E-state index contributed by atoms with van der Waals surface area (Å²) in [5.41, 5.74) is 13.4. The molecule has 42 heavy (non-hydrogen) atoms. The van der Waals surface area contributed by atoms with Crippen LogP contribution < -0.4 is 21.5 Å². The molecule has 2 aliphatic carbocycles. The molecule has 0 radical (unpaired) electrons. The van der Waals surface area contributed by atoms with Gasteiger partial charge < -0.3 is 21.5 Å². The Balaban J connectivity index is 1.34. The number of rotatable bonds is 9. The van der Waals surface area contributed by atoms with E-state index in [2.05, 4.69) is 10.3 Å². The SMILES string of the molecule is C[C@]1(C(N)=O)COc2c1cc([C@@H](CNC(=O)c1ccc(N)c(C=NC3CC3)c1)C1CC1)nc2-c1cc(Cl)c(F)cc1F. The third-order valence-electron chi connectivity index (χ3n) is 8.28. The van der Waals surface area contributed by atoms with Crippen LogP contribution in [-0.4, -0.2) is 42.2 Å². The minimum absolute atomic E-state index is 0.0549. The van der Waals surface area contributed by atoms with Gasteiger partial charge in [-0.25, -0.2) is 13.8 Å². The van der Waals surface area contributed by atoms with Gasteiger partial charge in [-0.2, -0.15) is 0 Å². The van der Waals surface area contributed by atoms with Gasteiger partial charge in [0.25, 0.3) is 5.91 Å². The van der Waals surface area contributed by atoms with Gasteiger partial charge in [0.2, 0.25) is 5.91 Å². The maximum absolute atomic E-state index is 15.1. The molecule has 218 valence electrons. The van der Waals surface area contributed by atoms with E-state index in [0.29, 0.717) is 40.2 Å². The van der Waals surface area contributed by atoms with Crippen molar-refractivity contribution in [1.29, 1.82) is 0 Å². The standard InChI is InChI=1S/C31H30ClF2N5O3/c1-31(30(36)41)14-42-28-21(31)10-26(39-27(28)19-9-22(32)24(34)11-23(19)33)20(15-2-3-15)13-38-29(40)16-4-7-25(35)17(8-16)12-37-18-5-6-18/h4,7-12,15,18,20H,2-3,5-6,13-14,35H2,1H3,(H2,36,41)(H,38,40)/t20-,31-/m0/s1. The Morgan fingerprint density at radius 3 is 2.64 bits per heavy atom. The number of fused-ring (bicyclic) bond motifs is 1. The molecule has 2 saturated carbocycles. The molecule has 2 aromatic carbocycles. The van der Waals surface area contributed by atoms with Crippen molar-refractivity contribution >= 4 is 35.3 Å². The Kier molecular flexibility index (Phi) is 7.12. The first-order valence-corrected chi connectivity index (χ1v) is 14.3. The Morgan fingerprint density at radius 1 is 1.19 bits per heavy atom. The zero-order valence-corrected chi connectivity index (χ0v) is 23.7. The number of aromatic nitrogens is 1. The van der Waals surface area contributed by atoms with Crippen molar-refractivity contribution in [2.75, 3.05) is 18.9 Å². The van der Waals surface area contributed by atoms with Crippen LogP contribution in [0.15, 0.2) is 41.4 Å². The summed E-state index contributed by atoms with van der Waals surface area (Å²) >= 11 is 6.01. The molecule has 3 aromatic rings. The average molecular weight is 594 g/mol. The monoisotopic (exact) mass is 593 g/mol. The number of amides is 2. The summed E-state index contributed by atoms with van der Waals surface area (Å²) in [6.45, 7) is 1.84. The van der Waals surface area contributed by atoms with Crippen molar-refractivity contribution in [3.8, 4) is 17.0 Å². The molecule has 2 atom stereocenters. The first-order chi connectivity index (χ1) is 20.0. The lowest BCUT2D eigenvalue weighted by molar-refractivity contribution is -0.123. The number of anilines is 1. The maximum atomic E-state index is 15.1. The molecule has 6 rings (SSSR count). The van der Waals surface area contributed by atoms with Crippen LogP contribution in [0.25, 0.3) is 11.3 Å². The number of nitrogens with two attached hydrogens (primary N) is 2. The zero-order chi connectivity index (χ0) is 29.8.